The Morgan fingerprint density at radius 3 is 2.84 bits per heavy atom. The molecule has 0 radical (unpaired) electrons. The fourth-order valence-electron chi connectivity index (χ4n) is 3.23. The maximum absolute atomic E-state index is 12.3. The lowest BCUT2D eigenvalue weighted by Crippen LogP contribution is -2.40. The second-order valence-corrected chi connectivity index (χ2v) is 7.50. The lowest BCUT2D eigenvalue weighted by molar-refractivity contribution is 0.0252. The second-order valence-electron chi connectivity index (χ2n) is 7.50. The van der Waals surface area contributed by atoms with Gasteiger partial charge in [-0.25, -0.2) is 4.79 Å². The van der Waals surface area contributed by atoms with Crippen molar-refractivity contribution in [3.63, 3.8) is 0 Å². The summed E-state index contributed by atoms with van der Waals surface area (Å²) < 4.78 is 11.0. The lowest BCUT2D eigenvalue weighted by Gasteiger charge is -2.24. The molecule has 3 rings (SSSR count). The molecule has 6 heteroatoms. The number of nitrogens with zero attached hydrogens (tertiary/aromatic N) is 1. The number of aromatic amines is 1. The van der Waals surface area contributed by atoms with Gasteiger partial charge in [0.2, 0.25) is 0 Å². The predicted octanol–water partition coefficient (Wildman–Crippen LogP) is 2.89. The molecule has 2 atom stereocenters. The molecular formula is C19H27N3O3. The molecule has 0 saturated carbocycles. The molecule has 136 valence electrons. The van der Waals surface area contributed by atoms with Gasteiger partial charge < -0.3 is 24.7 Å². The summed E-state index contributed by atoms with van der Waals surface area (Å²) in [6.07, 6.45) is 1.62. The van der Waals surface area contributed by atoms with E-state index in [1.54, 1.807) is 12.0 Å². The second kappa shape index (κ2) is 7.06. The van der Waals surface area contributed by atoms with Gasteiger partial charge in [0.05, 0.1) is 18.7 Å². The number of hydrogen-bond acceptors (Lipinski definition) is 4. The zero-order valence-corrected chi connectivity index (χ0v) is 15.3. The van der Waals surface area contributed by atoms with Crippen molar-refractivity contribution in [2.75, 3.05) is 20.2 Å². The Labute approximate surface area is 148 Å². The fraction of sp³-hybridized carbons (Fsp3) is 0.526. The normalized spacial score (nSPS) is 21.0. The molecule has 1 amide bonds. The number of methoxy groups -OCH3 is 1. The first-order valence-corrected chi connectivity index (χ1v) is 8.66. The van der Waals surface area contributed by atoms with Gasteiger partial charge in [-0.3, -0.25) is 0 Å². The van der Waals surface area contributed by atoms with E-state index in [1.807, 2.05) is 33.0 Å². The van der Waals surface area contributed by atoms with Gasteiger partial charge in [-0.15, -0.1) is 0 Å². The fourth-order valence-corrected chi connectivity index (χ4v) is 3.23. The number of carbonyl (C=O) groups is 1. The van der Waals surface area contributed by atoms with Gasteiger partial charge in [0.25, 0.3) is 0 Å². The van der Waals surface area contributed by atoms with Gasteiger partial charge in [-0.1, -0.05) is 12.1 Å². The molecule has 1 unspecified atom stereocenters. The maximum Gasteiger partial charge on any atom is 0.410 e. The van der Waals surface area contributed by atoms with Crippen LogP contribution in [0, 0.1) is 0 Å². The third-order valence-electron chi connectivity index (χ3n) is 4.46. The Bertz CT molecular complexity index is 735. The number of ether oxygens (including phenoxy) is 2. The zero-order chi connectivity index (χ0) is 18.0. The van der Waals surface area contributed by atoms with Crippen LogP contribution in [0.3, 0.4) is 0 Å². The number of rotatable bonds is 4. The summed E-state index contributed by atoms with van der Waals surface area (Å²) in [5.74, 6) is 0. The third-order valence-corrected chi connectivity index (χ3v) is 4.46. The van der Waals surface area contributed by atoms with Crippen molar-refractivity contribution < 1.29 is 14.3 Å². The highest BCUT2D eigenvalue weighted by Gasteiger charge is 2.37. The highest BCUT2D eigenvalue weighted by atomic mass is 16.6. The van der Waals surface area contributed by atoms with Crippen molar-refractivity contribution in [2.24, 2.45) is 0 Å². The topological polar surface area (TPSA) is 66.6 Å². The van der Waals surface area contributed by atoms with Gasteiger partial charge in [-0.05, 0) is 38.5 Å². The number of benzene rings is 1. The standard InChI is InChI=1S/C19H27N3O3/c1-19(2,3)25-18(23)22-11-16(17(12-22)24-4)21-10-13-6-5-7-15-14(13)8-9-20-15/h5-9,16-17,20-21H,10-12H2,1-4H3/t16?,17-/m0/s1. The summed E-state index contributed by atoms with van der Waals surface area (Å²) in [6.45, 7) is 7.47. The van der Waals surface area contributed by atoms with E-state index in [2.05, 4.69) is 28.5 Å². The van der Waals surface area contributed by atoms with Crippen LogP contribution in [0.1, 0.15) is 26.3 Å². The maximum atomic E-state index is 12.3. The summed E-state index contributed by atoms with van der Waals surface area (Å²) in [6, 6.07) is 8.39. The summed E-state index contributed by atoms with van der Waals surface area (Å²) in [7, 11) is 1.69. The molecule has 1 aliphatic rings. The molecule has 25 heavy (non-hydrogen) atoms. The van der Waals surface area contributed by atoms with E-state index >= 15 is 0 Å². The van der Waals surface area contributed by atoms with Crippen LogP contribution < -0.4 is 5.32 Å². The summed E-state index contributed by atoms with van der Waals surface area (Å²) in [4.78, 5) is 17.2. The van der Waals surface area contributed by atoms with Crippen LogP contribution in [0.4, 0.5) is 4.79 Å². The average Bonchev–Trinajstić information content (AvgIpc) is 3.17. The van der Waals surface area contributed by atoms with Crippen molar-refractivity contribution in [3.8, 4) is 0 Å². The van der Waals surface area contributed by atoms with E-state index in [9.17, 15) is 4.79 Å². The Balaban J connectivity index is 1.63. The first-order chi connectivity index (χ1) is 11.9. The molecule has 2 aromatic rings. The molecule has 6 nitrogen and oxygen atoms in total. The Morgan fingerprint density at radius 2 is 2.12 bits per heavy atom. The zero-order valence-electron chi connectivity index (χ0n) is 15.3. The first kappa shape index (κ1) is 17.8. The molecular weight excluding hydrogens is 318 g/mol. The van der Waals surface area contributed by atoms with Crippen LogP contribution in [0.5, 0.6) is 0 Å². The van der Waals surface area contributed by atoms with Crippen LogP contribution in [0.2, 0.25) is 0 Å². The molecule has 1 aliphatic heterocycles. The van der Waals surface area contributed by atoms with Crippen molar-refractivity contribution in [1.82, 2.24) is 15.2 Å². The summed E-state index contributed by atoms with van der Waals surface area (Å²) >= 11 is 0. The minimum absolute atomic E-state index is 0.0436. The largest absolute Gasteiger partial charge is 0.444 e. The minimum atomic E-state index is -0.491. The number of aromatic nitrogens is 1. The van der Waals surface area contributed by atoms with Crippen LogP contribution in [-0.2, 0) is 16.0 Å². The molecule has 1 fully saturated rings. The Morgan fingerprint density at radius 1 is 1.32 bits per heavy atom. The van der Waals surface area contributed by atoms with E-state index < -0.39 is 5.60 Å². The van der Waals surface area contributed by atoms with Crippen LogP contribution >= 0.6 is 0 Å². The van der Waals surface area contributed by atoms with Gasteiger partial charge in [-0.2, -0.15) is 0 Å². The SMILES string of the molecule is CO[C@H]1CN(C(=O)OC(C)(C)C)CC1NCc1cccc2[nH]ccc12. The highest BCUT2D eigenvalue weighted by molar-refractivity contribution is 5.82. The third kappa shape index (κ3) is 4.14. The summed E-state index contributed by atoms with van der Waals surface area (Å²) in [5.41, 5.74) is 1.86. The van der Waals surface area contributed by atoms with Crippen molar-refractivity contribution in [3.05, 3.63) is 36.0 Å². The van der Waals surface area contributed by atoms with Gasteiger partial charge in [0, 0.05) is 37.3 Å². The highest BCUT2D eigenvalue weighted by Crippen LogP contribution is 2.20. The van der Waals surface area contributed by atoms with E-state index in [1.165, 1.54) is 10.9 Å². The van der Waals surface area contributed by atoms with Gasteiger partial charge in [0.15, 0.2) is 0 Å². The number of carbonyl (C=O) groups excluding carboxylic acids is 1. The molecule has 1 saturated heterocycles. The van der Waals surface area contributed by atoms with E-state index in [0.29, 0.717) is 13.1 Å². The van der Waals surface area contributed by atoms with Crippen molar-refractivity contribution in [1.29, 1.82) is 0 Å². The van der Waals surface area contributed by atoms with Crippen molar-refractivity contribution >= 4 is 17.0 Å². The molecule has 1 aromatic heterocycles. The van der Waals surface area contributed by atoms with Crippen molar-refractivity contribution in [2.45, 2.75) is 45.1 Å². The molecule has 2 heterocycles. The molecule has 0 spiro atoms. The summed E-state index contributed by atoms with van der Waals surface area (Å²) in [5, 5.41) is 4.75. The number of amides is 1. The van der Waals surface area contributed by atoms with E-state index in [-0.39, 0.29) is 18.2 Å². The van der Waals surface area contributed by atoms with E-state index in [0.717, 1.165) is 12.1 Å². The number of nitrogens with one attached hydrogen (secondary N) is 2. The Kier molecular flexibility index (Phi) is 5.01. The number of hydrogen-bond donors (Lipinski definition) is 2. The van der Waals surface area contributed by atoms with E-state index in [4.69, 9.17) is 9.47 Å². The van der Waals surface area contributed by atoms with Gasteiger partial charge in [0.1, 0.15) is 5.60 Å². The number of H-pyrrole nitrogens is 1. The quantitative estimate of drug-likeness (QED) is 0.894. The smallest absolute Gasteiger partial charge is 0.410 e. The molecule has 0 bridgehead atoms. The van der Waals surface area contributed by atoms with Gasteiger partial charge >= 0.3 is 6.09 Å². The first-order valence-electron chi connectivity index (χ1n) is 8.66. The minimum Gasteiger partial charge on any atom is -0.444 e. The average molecular weight is 345 g/mol. The monoisotopic (exact) mass is 345 g/mol. The van der Waals surface area contributed by atoms with Crippen LogP contribution in [0.15, 0.2) is 30.5 Å². The molecule has 1 aromatic carbocycles. The molecule has 2 N–H and O–H groups in total. The number of fused-ring (bicyclic) bond motifs is 1. The lowest BCUT2D eigenvalue weighted by atomic mass is 10.1. The predicted molar refractivity (Wildman–Crippen MR) is 97.5 cm³/mol. The van der Waals surface area contributed by atoms with Crippen LogP contribution in [0.25, 0.3) is 10.9 Å². The number of likely N-dealkylation sites (tertiary alicyclic amines) is 1. The van der Waals surface area contributed by atoms with Crippen LogP contribution in [-0.4, -0.2) is 53.9 Å². The molecule has 0 aliphatic carbocycles. The Hall–Kier alpha value is -2.05.